The molecule has 1 N–H and O–H groups in total. The van der Waals surface area contributed by atoms with Crippen LogP contribution in [0.2, 0.25) is 0 Å². The van der Waals surface area contributed by atoms with Crippen LogP contribution in [0.3, 0.4) is 0 Å². The number of para-hydroxylation sites is 1. The summed E-state index contributed by atoms with van der Waals surface area (Å²) in [6.07, 6.45) is 5.02. The van der Waals surface area contributed by atoms with Crippen molar-refractivity contribution in [2.45, 2.75) is 12.8 Å². The summed E-state index contributed by atoms with van der Waals surface area (Å²) < 4.78 is 10.6. The Morgan fingerprint density at radius 3 is 2.62 bits per heavy atom. The van der Waals surface area contributed by atoms with Crippen LogP contribution in [-0.4, -0.2) is 36.6 Å². The van der Waals surface area contributed by atoms with E-state index in [0.29, 0.717) is 35.2 Å². The van der Waals surface area contributed by atoms with Crippen molar-refractivity contribution in [1.82, 2.24) is 9.97 Å². The van der Waals surface area contributed by atoms with Gasteiger partial charge in [-0.3, -0.25) is 4.79 Å². The Morgan fingerprint density at radius 1 is 1.07 bits per heavy atom. The van der Waals surface area contributed by atoms with Gasteiger partial charge in [-0.2, -0.15) is 0 Å². The quantitative estimate of drug-likeness (QED) is 0.714. The molecule has 1 aromatic heterocycles. The fraction of sp³-hybridized carbons (Fsp3) is 0.227. The van der Waals surface area contributed by atoms with E-state index in [4.69, 9.17) is 9.47 Å². The van der Waals surface area contributed by atoms with E-state index in [1.807, 2.05) is 24.3 Å². The predicted octanol–water partition coefficient (Wildman–Crippen LogP) is 3.83. The smallest absolute Gasteiger partial charge is 0.261 e. The van der Waals surface area contributed by atoms with E-state index >= 15 is 0 Å². The highest BCUT2D eigenvalue weighted by Gasteiger charge is 2.23. The molecule has 0 saturated heterocycles. The van der Waals surface area contributed by atoms with Gasteiger partial charge in [-0.25, -0.2) is 9.97 Å². The molecule has 0 spiro atoms. The predicted molar refractivity (Wildman–Crippen MR) is 111 cm³/mol. The van der Waals surface area contributed by atoms with Gasteiger partial charge < -0.3 is 19.7 Å². The SMILES string of the molecule is COc1ccc(OC)c(Nc2ncc(C(=O)N3CCCc4ccccc43)cn2)c1. The molecule has 0 radical (unpaired) electrons. The summed E-state index contributed by atoms with van der Waals surface area (Å²) in [4.78, 5) is 23.4. The molecule has 7 nitrogen and oxygen atoms in total. The first-order valence-electron chi connectivity index (χ1n) is 9.40. The molecule has 2 heterocycles. The normalized spacial score (nSPS) is 12.8. The molecule has 1 aliphatic rings. The molecule has 2 aromatic carbocycles. The van der Waals surface area contributed by atoms with Crippen LogP contribution in [0.5, 0.6) is 11.5 Å². The summed E-state index contributed by atoms with van der Waals surface area (Å²) in [5.74, 6) is 1.60. The zero-order chi connectivity index (χ0) is 20.2. The number of hydrogen-bond donors (Lipinski definition) is 1. The number of nitrogens with zero attached hydrogens (tertiary/aromatic N) is 3. The maximum Gasteiger partial charge on any atom is 0.261 e. The van der Waals surface area contributed by atoms with Crippen LogP contribution in [0.4, 0.5) is 17.3 Å². The third-order valence-electron chi connectivity index (χ3n) is 4.91. The number of fused-ring (bicyclic) bond motifs is 1. The second-order valence-corrected chi connectivity index (χ2v) is 6.68. The van der Waals surface area contributed by atoms with Crippen molar-refractivity contribution in [2.24, 2.45) is 0 Å². The molecule has 0 saturated carbocycles. The van der Waals surface area contributed by atoms with Crippen LogP contribution >= 0.6 is 0 Å². The number of methoxy groups -OCH3 is 2. The summed E-state index contributed by atoms with van der Waals surface area (Å²) in [5.41, 5.74) is 3.28. The number of amides is 1. The Labute approximate surface area is 169 Å². The molecule has 4 rings (SSSR count). The lowest BCUT2D eigenvalue weighted by atomic mass is 10.0. The highest BCUT2D eigenvalue weighted by molar-refractivity contribution is 6.06. The number of rotatable bonds is 5. The van der Waals surface area contributed by atoms with Gasteiger partial charge in [0.25, 0.3) is 5.91 Å². The second kappa shape index (κ2) is 8.18. The molecule has 3 aromatic rings. The Bertz CT molecular complexity index is 1020. The molecule has 29 heavy (non-hydrogen) atoms. The Kier molecular flexibility index (Phi) is 5.29. The van der Waals surface area contributed by atoms with Crippen molar-refractivity contribution in [3.05, 3.63) is 66.0 Å². The summed E-state index contributed by atoms with van der Waals surface area (Å²) in [6, 6.07) is 13.4. The van der Waals surface area contributed by atoms with E-state index in [9.17, 15) is 4.79 Å². The number of benzene rings is 2. The number of nitrogens with one attached hydrogen (secondary N) is 1. The maximum atomic E-state index is 13.0. The molecule has 0 aliphatic carbocycles. The average molecular weight is 390 g/mol. The van der Waals surface area contributed by atoms with Crippen LogP contribution in [-0.2, 0) is 6.42 Å². The van der Waals surface area contributed by atoms with Crippen molar-refractivity contribution in [2.75, 3.05) is 31.0 Å². The molecular weight excluding hydrogens is 368 g/mol. The molecule has 1 amide bonds. The van der Waals surface area contributed by atoms with E-state index in [0.717, 1.165) is 18.5 Å². The molecule has 0 bridgehead atoms. The second-order valence-electron chi connectivity index (χ2n) is 6.68. The third-order valence-corrected chi connectivity index (χ3v) is 4.91. The van der Waals surface area contributed by atoms with Gasteiger partial charge in [0.2, 0.25) is 5.95 Å². The summed E-state index contributed by atoms with van der Waals surface area (Å²) in [5, 5.41) is 3.11. The average Bonchev–Trinajstić information content (AvgIpc) is 2.78. The van der Waals surface area contributed by atoms with Crippen LogP contribution in [0.1, 0.15) is 22.3 Å². The van der Waals surface area contributed by atoms with Crippen LogP contribution in [0.25, 0.3) is 0 Å². The minimum Gasteiger partial charge on any atom is -0.497 e. The van der Waals surface area contributed by atoms with Crippen molar-refractivity contribution in [3.8, 4) is 11.5 Å². The lowest BCUT2D eigenvalue weighted by Gasteiger charge is -2.29. The summed E-state index contributed by atoms with van der Waals surface area (Å²) in [7, 11) is 3.19. The highest BCUT2D eigenvalue weighted by Crippen LogP contribution is 2.31. The van der Waals surface area contributed by atoms with Gasteiger partial charge in [-0.05, 0) is 36.6 Å². The number of ether oxygens (including phenoxy) is 2. The molecule has 1 aliphatic heterocycles. The Morgan fingerprint density at radius 2 is 1.86 bits per heavy atom. The first-order valence-corrected chi connectivity index (χ1v) is 9.40. The topological polar surface area (TPSA) is 76.6 Å². The van der Waals surface area contributed by atoms with Gasteiger partial charge in [-0.1, -0.05) is 18.2 Å². The highest BCUT2D eigenvalue weighted by atomic mass is 16.5. The largest absolute Gasteiger partial charge is 0.497 e. The molecular formula is C22H22N4O3. The van der Waals surface area contributed by atoms with Crippen molar-refractivity contribution < 1.29 is 14.3 Å². The number of anilines is 3. The molecule has 0 fully saturated rings. The standard InChI is InChI=1S/C22H22N4O3/c1-28-17-9-10-20(29-2)18(12-17)25-22-23-13-16(14-24-22)21(27)26-11-5-7-15-6-3-4-8-19(15)26/h3-4,6,8-10,12-14H,5,7,11H2,1-2H3,(H,23,24,25). The molecule has 148 valence electrons. The number of carbonyl (C=O) groups excluding carboxylic acids is 1. The van der Waals surface area contributed by atoms with Gasteiger partial charge in [0.15, 0.2) is 0 Å². The lowest BCUT2D eigenvalue weighted by Crippen LogP contribution is -2.35. The van der Waals surface area contributed by atoms with Crippen LogP contribution < -0.4 is 19.7 Å². The fourth-order valence-corrected chi connectivity index (χ4v) is 3.44. The number of aryl methyl sites for hydroxylation is 1. The minimum atomic E-state index is -0.0948. The van der Waals surface area contributed by atoms with E-state index in [2.05, 4.69) is 21.4 Å². The zero-order valence-corrected chi connectivity index (χ0v) is 16.4. The Hall–Kier alpha value is -3.61. The van der Waals surface area contributed by atoms with Crippen molar-refractivity contribution in [3.63, 3.8) is 0 Å². The Balaban J connectivity index is 1.54. The van der Waals surface area contributed by atoms with Gasteiger partial charge in [0, 0.05) is 30.7 Å². The summed E-state index contributed by atoms with van der Waals surface area (Å²) in [6.45, 7) is 0.691. The van der Waals surface area contributed by atoms with Crippen molar-refractivity contribution in [1.29, 1.82) is 0 Å². The summed E-state index contributed by atoms with van der Waals surface area (Å²) >= 11 is 0. The lowest BCUT2D eigenvalue weighted by molar-refractivity contribution is 0.0984. The van der Waals surface area contributed by atoms with E-state index in [-0.39, 0.29) is 5.91 Å². The van der Waals surface area contributed by atoms with E-state index in [1.165, 1.54) is 5.56 Å². The van der Waals surface area contributed by atoms with Crippen LogP contribution in [0.15, 0.2) is 54.9 Å². The van der Waals surface area contributed by atoms with E-state index < -0.39 is 0 Å². The number of aromatic nitrogens is 2. The van der Waals surface area contributed by atoms with Gasteiger partial charge in [0.05, 0.1) is 25.5 Å². The monoisotopic (exact) mass is 390 g/mol. The van der Waals surface area contributed by atoms with Gasteiger partial charge in [-0.15, -0.1) is 0 Å². The van der Waals surface area contributed by atoms with Gasteiger partial charge in [0.1, 0.15) is 11.5 Å². The van der Waals surface area contributed by atoms with Gasteiger partial charge >= 0.3 is 0 Å². The third kappa shape index (κ3) is 3.85. The van der Waals surface area contributed by atoms with Crippen LogP contribution in [0, 0.1) is 0 Å². The molecule has 0 atom stereocenters. The maximum absolute atomic E-state index is 13.0. The number of carbonyl (C=O) groups is 1. The van der Waals surface area contributed by atoms with Crippen molar-refractivity contribution >= 4 is 23.2 Å². The number of hydrogen-bond acceptors (Lipinski definition) is 6. The molecule has 0 unspecified atom stereocenters. The zero-order valence-electron chi connectivity index (χ0n) is 16.4. The molecule has 7 heteroatoms. The minimum absolute atomic E-state index is 0.0948. The fourth-order valence-electron chi connectivity index (χ4n) is 3.44. The first kappa shape index (κ1) is 18.7. The first-order chi connectivity index (χ1) is 14.2. The van der Waals surface area contributed by atoms with E-state index in [1.54, 1.807) is 43.6 Å².